The molecule has 94 valence electrons. The Morgan fingerprint density at radius 1 is 1.00 bits per heavy atom. The fourth-order valence-electron chi connectivity index (χ4n) is 1.73. The van der Waals surface area contributed by atoms with Gasteiger partial charge < -0.3 is 15.4 Å². The summed E-state index contributed by atoms with van der Waals surface area (Å²) in [6.45, 7) is 0.803. The minimum Gasteiger partial charge on any atom is -0.497 e. The van der Waals surface area contributed by atoms with E-state index in [4.69, 9.17) is 4.74 Å². The summed E-state index contributed by atoms with van der Waals surface area (Å²) < 4.78 is 5.19. The molecule has 0 saturated carbocycles. The number of hydrogen-bond acceptors (Lipinski definition) is 3. The molecule has 0 radical (unpaired) electrons. The second kappa shape index (κ2) is 5.96. The van der Waals surface area contributed by atoms with Gasteiger partial charge in [0.2, 0.25) is 0 Å². The third kappa shape index (κ3) is 3.17. The lowest BCUT2D eigenvalue weighted by atomic mass is 10.2. The molecule has 2 rings (SSSR count). The highest BCUT2D eigenvalue weighted by atomic mass is 16.5. The maximum Gasteiger partial charge on any atom is 0.120 e. The van der Waals surface area contributed by atoms with Crippen LogP contribution in [0.1, 0.15) is 5.56 Å². The highest BCUT2D eigenvalue weighted by Crippen LogP contribution is 2.17. The molecule has 3 nitrogen and oxygen atoms in total. The molecule has 0 aliphatic rings. The van der Waals surface area contributed by atoms with Gasteiger partial charge in [0.05, 0.1) is 7.11 Å². The first kappa shape index (κ1) is 12.3. The zero-order valence-electron chi connectivity index (χ0n) is 10.7. The topological polar surface area (TPSA) is 33.3 Å². The molecule has 0 aliphatic heterocycles. The first-order chi connectivity index (χ1) is 8.81. The fraction of sp³-hybridized carbons (Fsp3) is 0.200. The molecule has 0 saturated heterocycles. The molecular weight excluding hydrogens is 224 g/mol. The molecule has 0 bridgehead atoms. The van der Waals surface area contributed by atoms with E-state index >= 15 is 0 Å². The third-order valence-electron chi connectivity index (χ3n) is 2.81. The second-order valence-corrected chi connectivity index (χ2v) is 4.03. The normalized spacial score (nSPS) is 9.89. The molecule has 0 aliphatic carbocycles. The zero-order valence-corrected chi connectivity index (χ0v) is 10.7. The summed E-state index contributed by atoms with van der Waals surface area (Å²) in [6.07, 6.45) is 0. The van der Waals surface area contributed by atoms with Crippen molar-refractivity contribution >= 4 is 11.4 Å². The Balaban J connectivity index is 1.97. The Morgan fingerprint density at radius 3 is 2.44 bits per heavy atom. The average Bonchev–Trinajstić information content (AvgIpc) is 2.46. The van der Waals surface area contributed by atoms with E-state index in [2.05, 4.69) is 34.9 Å². The van der Waals surface area contributed by atoms with Crippen LogP contribution in [0, 0.1) is 0 Å². The predicted molar refractivity (Wildman–Crippen MR) is 76.3 cm³/mol. The van der Waals surface area contributed by atoms with Crippen LogP contribution in [-0.2, 0) is 6.54 Å². The standard InChI is InChI=1S/C15H18N2O/c1-16-13-8-6-12(7-9-13)11-17-14-4-3-5-15(10-14)18-2/h3-10,16-17H,11H2,1-2H3. The lowest BCUT2D eigenvalue weighted by molar-refractivity contribution is 0.415. The lowest BCUT2D eigenvalue weighted by Crippen LogP contribution is -1.99. The van der Waals surface area contributed by atoms with Crippen LogP contribution >= 0.6 is 0 Å². The van der Waals surface area contributed by atoms with Gasteiger partial charge in [0.1, 0.15) is 5.75 Å². The molecule has 0 atom stereocenters. The van der Waals surface area contributed by atoms with Crippen LogP contribution in [0.15, 0.2) is 48.5 Å². The van der Waals surface area contributed by atoms with Crippen molar-refractivity contribution in [3.63, 3.8) is 0 Å². The number of ether oxygens (including phenoxy) is 1. The van der Waals surface area contributed by atoms with Gasteiger partial charge in [-0.05, 0) is 29.8 Å². The minimum atomic E-state index is 0.803. The monoisotopic (exact) mass is 242 g/mol. The Labute approximate surface area is 108 Å². The first-order valence-corrected chi connectivity index (χ1v) is 5.96. The van der Waals surface area contributed by atoms with Crippen LogP contribution in [0.5, 0.6) is 5.75 Å². The molecule has 0 spiro atoms. The van der Waals surface area contributed by atoms with E-state index in [9.17, 15) is 0 Å². The summed E-state index contributed by atoms with van der Waals surface area (Å²) in [5.41, 5.74) is 3.43. The van der Waals surface area contributed by atoms with E-state index in [1.165, 1.54) is 5.56 Å². The van der Waals surface area contributed by atoms with E-state index in [0.29, 0.717) is 0 Å². The van der Waals surface area contributed by atoms with Gasteiger partial charge in [-0.25, -0.2) is 0 Å². The van der Waals surface area contributed by atoms with E-state index < -0.39 is 0 Å². The van der Waals surface area contributed by atoms with Crippen molar-refractivity contribution in [2.24, 2.45) is 0 Å². The second-order valence-electron chi connectivity index (χ2n) is 4.03. The van der Waals surface area contributed by atoms with E-state index in [1.54, 1.807) is 7.11 Å². The molecule has 0 unspecified atom stereocenters. The summed E-state index contributed by atoms with van der Waals surface area (Å²) in [7, 11) is 3.60. The number of hydrogen-bond donors (Lipinski definition) is 2. The third-order valence-corrected chi connectivity index (χ3v) is 2.81. The Morgan fingerprint density at radius 2 is 1.78 bits per heavy atom. The molecular formula is C15H18N2O. The smallest absolute Gasteiger partial charge is 0.120 e. The van der Waals surface area contributed by atoms with Gasteiger partial charge in [0.15, 0.2) is 0 Å². The first-order valence-electron chi connectivity index (χ1n) is 5.96. The van der Waals surface area contributed by atoms with Gasteiger partial charge >= 0.3 is 0 Å². The molecule has 0 amide bonds. The quantitative estimate of drug-likeness (QED) is 0.843. The van der Waals surface area contributed by atoms with Crippen molar-refractivity contribution in [1.82, 2.24) is 0 Å². The number of benzene rings is 2. The molecule has 2 aromatic rings. The number of anilines is 2. The summed E-state index contributed by atoms with van der Waals surface area (Å²) in [6, 6.07) is 16.3. The van der Waals surface area contributed by atoms with Crippen LogP contribution in [0.25, 0.3) is 0 Å². The summed E-state index contributed by atoms with van der Waals surface area (Å²) in [5.74, 6) is 0.866. The Hall–Kier alpha value is -2.16. The highest BCUT2D eigenvalue weighted by Gasteiger charge is 1.96. The maximum absolute atomic E-state index is 5.19. The van der Waals surface area contributed by atoms with Crippen molar-refractivity contribution in [2.45, 2.75) is 6.54 Å². The molecule has 0 heterocycles. The van der Waals surface area contributed by atoms with Gasteiger partial charge in [-0.15, -0.1) is 0 Å². The lowest BCUT2D eigenvalue weighted by Gasteiger charge is -2.08. The predicted octanol–water partition coefficient (Wildman–Crippen LogP) is 3.35. The summed E-state index contributed by atoms with van der Waals surface area (Å²) in [4.78, 5) is 0. The van der Waals surface area contributed by atoms with Crippen molar-refractivity contribution in [2.75, 3.05) is 24.8 Å². The van der Waals surface area contributed by atoms with E-state index in [0.717, 1.165) is 23.7 Å². The summed E-state index contributed by atoms with van der Waals surface area (Å²) >= 11 is 0. The van der Waals surface area contributed by atoms with Crippen LogP contribution in [0.3, 0.4) is 0 Å². The molecule has 0 fully saturated rings. The number of nitrogens with one attached hydrogen (secondary N) is 2. The van der Waals surface area contributed by atoms with Gasteiger partial charge in [0, 0.05) is 31.0 Å². The Kier molecular flexibility index (Phi) is 4.07. The van der Waals surface area contributed by atoms with Crippen molar-refractivity contribution in [1.29, 1.82) is 0 Å². The van der Waals surface area contributed by atoms with Crippen molar-refractivity contribution in [3.8, 4) is 5.75 Å². The molecule has 2 N–H and O–H groups in total. The summed E-state index contributed by atoms with van der Waals surface area (Å²) in [5, 5.41) is 6.48. The fourth-order valence-corrected chi connectivity index (χ4v) is 1.73. The van der Waals surface area contributed by atoms with Crippen molar-refractivity contribution in [3.05, 3.63) is 54.1 Å². The highest BCUT2D eigenvalue weighted by molar-refractivity contribution is 5.49. The van der Waals surface area contributed by atoms with E-state index in [1.807, 2.05) is 31.3 Å². The number of methoxy groups -OCH3 is 1. The minimum absolute atomic E-state index is 0.803. The van der Waals surface area contributed by atoms with Gasteiger partial charge in [0.25, 0.3) is 0 Å². The Bertz CT molecular complexity index is 494. The van der Waals surface area contributed by atoms with Gasteiger partial charge in [-0.1, -0.05) is 18.2 Å². The van der Waals surface area contributed by atoms with Gasteiger partial charge in [-0.3, -0.25) is 0 Å². The van der Waals surface area contributed by atoms with Gasteiger partial charge in [-0.2, -0.15) is 0 Å². The van der Waals surface area contributed by atoms with Crippen LogP contribution < -0.4 is 15.4 Å². The number of rotatable bonds is 5. The molecule has 3 heteroatoms. The van der Waals surface area contributed by atoms with Crippen LogP contribution in [-0.4, -0.2) is 14.2 Å². The molecule has 2 aromatic carbocycles. The van der Waals surface area contributed by atoms with E-state index in [-0.39, 0.29) is 0 Å². The van der Waals surface area contributed by atoms with Crippen molar-refractivity contribution < 1.29 is 4.74 Å². The molecule has 18 heavy (non-hydrogen) atoms. The van der Waals surface area contributed by atoms with Crippen LogP contribution in [0.4, 0.5) is 11.4 Å². The molecule has 0 aromatic heterocycles. The van der Waals surface area contributed by atoms with Crippen LogP contribution in [0.2, 0.25) is 0 Å². The average molecular weight is 242 g/mol. The SMILES string of the molecule is CNc1ccc(CNc2cccc(OC)c2)cc1. The zero-order chi connectivity index (χ0) is 12.8. The largest absolute Gasteiger partial charge is 0.497 e. The maximum atomic E-state index is 5.19.